The number of nitrogens with one attached hydrogen (secondary N) is 1. The van der Waals surface area contributed by atoms with Crippen LogP contribution in [0.25, 0.3) is 12.2 Å². The average molecular weight is 303 g/mol. The van der Waals surface area contributed by atoms with Crippen LogP contribution in [0.5, 0.6) is 11.6 Å². The molecule has 0 radical (unpaired) electrons. The Balaban J connectivity index is 2.36. The first-order valence-corrected chi connectivity index (χ1v) is 6.40. The van der Waals surface area contributed by atoms with Crippen LogP contribution in [-0.4, -0.2) is 26.6 Å². The van der Waals surface area contributed by atoms with Gasteiger partial charge in [0.25, 0.3) is 5.88 Å². The largest absolute Gasteiger partial charge is 0.493 e. The van der Waals surface area contributed by atoms with Gasteiger partial charge in [-0.05, 0) is 25.1 Å². The minimum atomic E-state index is -1.02. The van der Waals surface area contributed by atoms with Crippen molar-refractivity contribution in [1.29, 1.82) is 0 Å². The number of para-hydroxylation sites is 1. The van der Waals surface area contributed by atoms with Crippen LogP contribution < -0.4 is 10.3 Å². The molecule has 0 atom stereocenters. The van der Waals surface area contributed by atoms with Crippen molar-refractivity contribution in [1.82, 2.24) is 9.97 Å². The Bertz CT molecular complexity index is 782. The fourth-order valence-corrected chi connectivity index (χ4v) is 1.79. The summed E-state index contributed by atoms with van der Waals surface area (Å²) in [5.74, 6) is -0.277. The van der Waals surface area contributed by atoms with Crippen molar-refractivity contribution in [3.05, 3.63) is 56.1 Å². The van der Waals surface area contributed by atoms with E-state index in [-0.39, 0.29) is 5.82 Å². The number of ether oxygens (including phenoxy) is 1. The van der Waals surface area contributed by atoms with E-state index in [1.54, 1.807) is 18.2 Å². The molecule has 8 nitrogen and oxygen atoms in total. The van der Waals surface area contributed by atoms with Gasteiger partial charge in [-0.25, -0.2) is 0 Å². The van der Waals surface area contributed by atoms with Gasteiger partial charge >= 0.3 is 11.2 Å². The van der Waals surface area contributed by atoms with Crippen LogP contribution in [-0.2, 0) is 0 Å². The smallest absolute Gasteiger partial charge is 0.395 e. The molecule has 22 heavy (non-hydrogen) atoms. The van der Waals surface area contributed by atoms with Crippen molar-refractivity contribution in [3.8, 4) is 11.6 Å². The topological polar surface area (TPSA) is 118 Å². The molecule has 0 aliphatic carbocycles. The first-order chi connectivity index (χ1) is 10.5. The molecule has 0 fully saturated rings. The van der Waals surface area contributed by atoms with Gasteiger partial charge < -0.3 is 14.8 Å². The zero-order valence-corrected chi connectivity index (χ0v) is 11.6. The second-order valence-electron chi connectivity index (χ2n) is 4.18. The SMILES string of the molecule is CCOc1ccccc1/C=C/c1nc(O)c([N+](=O)[O-])c(=O)[nH]1. The summed E-state index contributed by atoms with van der Waals surface area (Å²) in [6, 6.07) is 7.21. The molecule has 1 aromatic heterocycles. The van der Waals surface area contributed by atoms with Crippen LogP contribution in [0.2, 0.25) is 0 Å². The van der Waals surface area contributed by atoms with Gasteiger partial charge in [0, 0.05) is 5.56 Å². The average Bonchev–Trinajstić information content (AvgIpc) is 2.45. The fraction of sp³-hybridized carbons (Fsp3) is 0.143. The summed E-state index contributed by atoms with van der Waals surface area (Å²) in [6.45, 7) is 2.35. The molecule has 8 heteroatoms. The van der Waals surface area contributed by atoms with Gasteiger partial charge in [-0.15, -0.1) is 0 Å². The third kappa shape index (κ3) is 3.29. The fourth-order valence-electron chi connectivity index (χ4n) is 1.79. The predicted molar refractivity (Wildman–Crippen MR) is 79.7 cm³/mol. The highest BCUT2D eigenvalue weighted by molar-refractivity contribution is 5.70. The van der Waals surface area contributed by atoms with Gasteiger partial charge in [-0.3, -0.25) is 14.9 Å². The number of aromatic nitrogens is 2. The van der Waals surface area contributed by atoms with Crippen LogP contribution in [0.1, 0.15) is 18.3 Å². The van der Waals surface area contributed by atoms with Gasteiger partial charge in [0.2, 0.25) is 0 Å². The molecule has 2 N–H and O–H groups in total. The lowest BCUT2D eigenvalue weighted by molar-refractivity contribution is -0.387. The van der Waals surface area contributed by atoms with Crippen LogP contribution in [0.3, 0.4) is 0 Å². The molecule has 0 bridgehead atoms. The monoisotopic (exact) mass is 303 g/mol. The summed E-state index contributed by atoms with van der Waals surface area (Å²) in [5, 5.41) is 20.0. The zero-order chi connectivity index (χ0) is 16.1. The van der Waals surface area contributed by atoms with Gasteiger partial charge in [-0.2, -0.15) is 4.98 Å². The van der Waals surface area contributed by atoms with Gasteiger partial charge in [0.1, 0.15) is 11.6 Å². The molecule has 0 unspecified atom stereocenters. The summed E-state index contributed by atoms with van der Waals surface area (Å²) in [7, 11) is 0. The Morgan fingerprint density at radius 3 is 2.77 bits per heavy atom. The molecule has 0 spiro atoms. The van der Waals surface area contributed by atoms with E-state index >= 15 is 0 Å². The number of nitro groups is 1. The summed E-state index contributed by atoms with van der Waals surface area (Å²) in [6.07, 6.45) is 3.04. The van der Waals surface area contributed by atoms with E-state index in [1.165, 1.54) is 6.08 Å². The summed E-state index contributed by atoms with van der Waals surface area (Å²) in [5.41, 5.74) is -1.26. The zero-order valence-electron chi connectivity index (χ0n) is 11.6. The number of benzene rings is 1. The highest BCUT2D eigenvalue weighted by Gasteiger charge is 2.21. The van der Waals surface area contributed by atoms with Crippen molar-refractivity contribution in [3.63, 3.8) is 0 Å². The van der Waals surface area contributed by atoms with Crippen molar-refractivity contribution in [2.75, 3.05) is 6.61 Å². The molecule has 0 amide bonds. The Morgan fingerprint density at radius 1 is 1.41 bits per heavy atom. The first kappa shape index (κ1) is 15.2. The highest BCUT2D eigenvalue weighted by atomic mass is 16.6. The molecular weight excluding hydrogens is 290 g/mol. The van der Waals surface area contributed by atoms with E-state index in [9.17, 15) is 20.0 Å². The van der Waals surface area contributed by atoms with Crippen molar-refractivity contribution in [2.45, 2.75) is 6.92 Å². The minimum Gasteiger partial charge on any atom is -0.493 e. The van der Waals surface area contributed by atoms with E-state index in [0.29, 0.717) is 12.4 Å². The maximum Gasteiger partial charge on any atom is 0.395 e. The van der Waals surface area contributed by atoms with E-state index in [4.69, 9.17) is 4.74 Å². The molecule has 0 saturated heterocycles. The Hall–Kier alpha value is -3.16. The maximum atomic E-state index is 11.5. The Morgan fingerprint density at radius 2 is 2.14 bits per heavy atom. The third-order valence-electron chi connectivity index (χ3n) is 2.72. The number of aromatic hydroxyl groups is 1. The van der Waals surface area contributed by atoms with Crippen LogP contribution in [0.4, 0.5) is 5.69 Å². The highest BCUT2D eigenvalue weighted by Crippen LogP contribution is 2.21. The van der Waals surface area contributed by atoms with Crippen LogP contribution >= 0.6 is 0 Å². The Labute approximate surface area is 124 Å². The van der Waals surface area contributed by atoms with Crippen molar-refractivity contribution >= 4 is 17.8 Å². The summed E-state index contributed by atoms with van der Waals surface area (Å²) < 4.78 is 5.44. The number of rotatable bonds is 5. The lowest BCUT2D eigenvalue weighted by atomic mass is 10.2. The molecule has 114 valence electrons. The molecule has 2 aromatic rings. The second-order valence-corrected chi connectivity index (χ2v) is 4.18. The Kier molecular flexibility index (Phi) is 4.52. The van der Waals surface area contributed by atoms with Crippen LogP contribution in [0, 0.1) is 10.1 Å². The van der Waals surface area contributed by atoms with E-state index in [0.717, 1.165) is 5.56 Å². The van der Waals surface area contributed by atoms with Gasteiger partial charge in [0.15, 0.2) is 0 Å². The quantitative estimate of drug-likeness (QED) is 0.643. The summed E-state index contributed by atoms with van der Waals surface area (Å²) >= 11 is 0. The first-order valence-electron chi connectivity index (χ1n) is 6.40. The van der Waals surface area contributed by atoms with Crippen molar-refractivity contribution < 1.29 is 14.8 Å². The second kappa shape index (κ2) is 6.53. The summed E-state index contributed by atoms with van der Waals surface area (Å²) in [4.78, 5) is 26.9. The normalized spacial score (nSPS) is 10.8. The molecular formula is C14H13N3O5. The predicted octanol–water partition coefficient (Wildman–Crippen LogP) is 1.95. The molecule has 1 heterocycles. The van der Waals surface area contributed by atoms with Crippen molar-refractivity contribution in [2.24, 2.45) is 0 Å². The molecule has 0 aliphatic heterocycles. The molecule has 2 rings (SSSR count). The molecule has 1 aromatic carbocycles. The number of hydrogen-bond donors (Lipinski definition) is 2. The van der Waals surface area contributed by atoms with E-state index < -0.39 is 22.0 Å². The maximum absolute atomic E-state index is 11.5. The van der Waals surface area contributed by atoms with Gasteiger partial charge in [-0.1, -0.05) is 18.2 Å². The number of nitrogens with zero attached hydrogens (tertiary/aromatic N) is 2. The third-order valence-corrected chi connectivity index (χ3v) is 2.72. The number of H-pyrrole nitrogens is 1. The van der Waals surface area contributed by atoms with Crippen LogP contribution in [0.15, 0.2) is 29.1 Å². The van der Waals surface area contributed by atoms with E-state index in [2.05, 4.69) is 9.97 Å². The number of hydrogen-bond acceptors (Lipinski definition) is 6. The minimum absolute atomic E-state index is 0.000554. The van der Waals surface area contributed by atoms with Gasteiger partial charge in [0.05, 0.1) is 11.5 Å². The number of aromatic amines is 1. The molecule has 0 aliphatic rings. The lowest BCUT2D eigenvalue weighted by Gasteiger charge is -2.06. The van der Waals surface area contributed by atoms with E-state index in [1.807, 2.05) is 19.1 Å². The standard InChI is InChI=1S/C14H13N3O5/c1-2-22-10-6-4-3-5-9(10)7-8-11-15-13(18)12(17(20)21)14(19)16-11/h3-8H,2H2,1H3,(H2,15,16,18,19)/b8-7+. The molecule has 0 saturated carbocycles. The lowest BCUT2D eigenvalue weighted by Crippen LogP contribution is -2.14.